The second-order valence-electron chi connectivity index (χ2n) is 4.92. The average molecular weight is 272 g/mol. The van der Waals surface area contributed by atoms with Gasteiger partial charge >= 0.3 is 0 Å². The van der Waals surface area contributed by atoms with Crippen LogP contribution < -0.4 is 4.74 Å². The number of ketones is 1. The molecule has 0 spiro atoms. The first-order valence-corrected chi connectivity index (χ1v) is 6.40. The van der Waals surface area contributed by atoms with Crippen LogP contribution in [0.5, 0.6) is 5.75 Å². The lowest BCUT2D eigenvalue weighted by Crippen LogP contribution is -2.09. The van der Waals surface area contributed by atoms with E-state index in [1.807, 2.05) is 32.9 Å². The molecular formula is C17H17FO2. The highest BCUT2D eigenvalue weighted by Crippen LogP contribution is 2.25. The molecule has 0 fully saturated rings. The van der Waals surface area contributed by atoms with Crippen LogP contribution in [0.4, 0.5) is 4.39 Å². The largest absolute Gasteiger partial charge is 0.494 e. The Balaban J connectivity index is 2.58. The van der Waals surface area contributed by atoms with Crippen molar-refractivity contribution >= 4 is 5.78 Å². The van der Waals surface area contributed by atoms with E-state index in [2.05, 4.69) is 0 Å². The maximum atomic E-state index is 14.2. The van der Waals surface area contributed by atoms with Crippen LogP contribution >= 0.6 is 0 Å². The fraction of sp³-hybridized carbons (Fsp3) is 0.235. The first-order valence-electron chi connectivity index (χ1n) is 6.40. The second-order valence-corrected chi connectivity index (χ2v) is 4.92. The van der Waals surface area contributed by atoms with Crippen molar-refractivity contribution in [1.29, 1.82) is 0 Å². The van der Waals surface area contributed by atoms with Gasteiger partial charge in [0.05, 0.1) is 12.7 Å². The van der Waals surface area contributed by atoms with E-state index in [1.165, 1.54) is 19.2 Å². The number of ether oxygens (including phenoxy) is 1. The van der Waals surface area contributed by atoms with Gasteiger partial charge in [-0.1, -0.05) is 23.8 Å². The second kappa shape index (κ2) is 5.45. The van der Waals surface area contributed by atoms with E-state index in [9.17, 15) is 9.18 Å². The van der Waals surface area contributed by atoms with E-state index in [-0.39, 0.29) is 17.1 Å². The van der Waals surface area contributed by atoms with Crippen molar-refractivity contribution in [2.75, 3.05) is 7.11 Å². The SMILES string of the molecule is COc1cccc(C(=O)c2c(C)cc(C)cc2C)c1F. The van der Waals surface area contributed by atoms with Crippen molar-refractivity contribution < 1.29 is 13.9 Å². The van der Waals surface area contributed by atoms with E-state index >= 15 is 0 Å². The van der Waals surface area contributed by atoms with E-state index in [1.54, 1.807) is 6.07 Å². The zero-order valence-electron chi connectivity index (χ0n) is 12.1. The van der Waals surface area contributed by atoms with Gasteiger partial charge in [0.2, 0.25) is 0 Å². The number of hydrogen-bond acceptors (Lipinski definition) is 2. The van der Waals surface area contributed by atoms with Gasteiger partial charge < -0.3 is 4.74 Å². The van der Waals surface area contributed by atoms with Crippen LogP contribution in [0.25, 0.3) is 0 Å². The molecule has 2 aromatic rings. The van der Waals surface area contributed by atoms with Gasteiger partial charge in [0, 0.05) is 5.56 Å². The van der Waals surface area contributed by atoms with Gasteiger partial charge in [0.15, 0.2) is 17.3 Å². The molecule has 0 saturated carbocycles. The molecule has 0 atom stereocenters. The predicted molar refractivity (Wildman–Crippen MR) is 77.0 cm³/mol. The Morgan fingerprint density at radius 2 is 1.70 bits per heavy atom. The highest BCUT2D eigenvalue weighted by Gasteiger charge is 2.20. The lowest BCUT2D eigenvalue weighted by atomic mass is 9.93. The summed E-state index contributed by atoms with van der Waals surface area (Å²) >= 11 is 0. The van der Waals surface area contributed by atoms with Crippen molar-refractivity contribution in [1.82, 2.24) is 0 Å². The van der Waals surface area contributed by atoms with Gasteiger partial charge in [0.25, 0.3) is 0 Å². The van der Waals surface area contributed by atoms with Crippen LogP contribution in [0.15, 0.2) is 30.3 Å². The number of halogens is 1. The van der Waals surface area contributed by atoms with Crippen molar-refractivity contribution in [3.8, 4) is 5.75 Å². The molecule has 0 radical (unpaired) electrons. The molecule has 0 N–H and O–H groups in total. The third-order valence-electron chi connectivity index (χ3n) is 3.33. The number of carbonyl (C=O) groups excluding carboxylic acids is 1. The maximum Gasteiger partial charge on any atom is 0.196 e. The topological polar surface area (TPSA) is 26.3 Å². The molecule has 0 aliphatic rings. The maximum absolute atomic E-state index is 14.2. The molecular weight excluding hydrogens is 255 g/mol. The zero-order chi connectivity index (χ0) is 14.9. The molecule has 2 nitrogen and oxygen atoms in total. The van der Waals surface area contributed by atoms with Gasteiger partial charge in [-0.2, -0.15) is 0 Å². The number of methoxy groups -OCH3 is 1. The highest BCUT2D eigenvalue weighted by molar-refractivity contribution is 6.11. The number of hydrogen-bond donors (Lipinski definition) is 0. The Bertz CT molecular complexity index is 652. The fourth-order valence-electron chi connectivity index (χ4n) is 2.52. The Kier molecular flexibility index (Phi) is 3.89. The minimum absolute atomic E-state index is 0.0411. The van der Waals surface area contributed by atoms with E-state index in [0.717, 1.165) is 16.7 Å². The number of rotatable bonds is 3. The number of aryl methyl sites for hydroxylation is 3. The van der Waals surface area contributed by atoms with Crippen LogP contribution in [-0.2, 0) is 0 Å². The van der Waals surface area contributed by atoms with Gasteiger partial charge in [-0.25, -0.2) is 4.39 Å². The van der Waals surface area contributed by atoms with Gasteiger partial charge in [0.1, 0.15) is 0 Å². The normalized spacial score (nSPS) is 10.4. The highest BCUT2D eigenvalue weighted by atomic mass is 19.1. The molecule has 20 heavy (non-hydrogen) atoms. The van der Waals surface area contributed by atoms with E-state index < -0.39 is 5.82 Å². The van der Waals surface area contributed by atoms with Crippen LogP contribution in [0.1, 0.15) is 32.6 Å². The summed E-state index contributed by atoms with van der Waals surface area (Å²) < 4.78 is 19.1. The quantitative estimate of drug-likeness (QED) is 0.790. The first kappa shape index (κ1) is 14.3. The van der Waals surface area contributed by atoms with E-state index in [0.29, 0.717) is 5.56 Å². The summed E-state index contributed by atoms with van der Waals surface area (Å²) in [5.41, 5.74) is 3.40. The van der Waals surface area contributed by atoms with E-state index in [4.69, 9.17) is 4.74 Å². The Hall–Kier alpha value is -2.16. The first-order chi connectivity index (χ1) is 9.45. The lowest BCUT2D eigenvalue weighted by Gasteiger charge is -2.12. The van der Waals surface area contributed by atoms with Crippen molar-refractivity contribution in [3.63, 3.8) is 0 Å². The standard InChI is InChI=1S/C17H17FO2/c1-10-8-11(2)15(12(3)9-10)17(19)13-6-5-7-14(20-4)16(13)18/h5-9H,1-4H3. The molecule has 3 heteroatoms. The Labute approximate surface area is 118 Å². The molecule has 0 heterocycles. The molecule has 0 aliphatic heterocycles. The zero-order valence-corrected chi connectivity index (χ0v) is 12.1. The average Bonchev–Trinajstić information content (AvgIpc) is 2.37. The summed E-state index contributed by atoms with van der Waals surface area (Å²) in [6.07, 6.45) is 0. The molecule has 0 aromatic heterocycles. The fourth-order valence-corrected chi connectivity index (χ4v) is 2.52. The molecule has 0 bridgehead atoms. The monoisotopic (exact) mass is 272 g/mol. The van der Waals surface area contributed by atoms with Crippen molar-refractivity contribution in [2.45, 2.75) is 20.8 Å². The van der Waals surface area contributed by atoms with Crippen LogP contribution in [0, 0.1) is 26.6 Å². The molecule has 0 aliphatic carbocycles. The smallest absolute Gasteiger partial charge is 0.196 e. The van der Waals surface area contributed by atoms with Crippen LogP contribution in [0.2, 0.25) is 0 Å². The number of carbonyl (C=O) groups is 1. The third-order valence-corrected chi connectivity index (χ3v) is 3.33. The summed E-state index contributed by atoms with van der Waals surface area (Å²) in [6.45, 7) is 5.71. The minimum Gasteiger partial charge on any atom is -0.494 e. The van der Waals surface area contributed by atoms with Crippen LogP contribution in [0.3, 0.4) is 0 Å². The summed E-state index contributed by atoms with van der Waals surface area (Å²) in [6, 6.07) is 8.46. The molecule has 0 saturated heterocycles. The lowest BCUT2D eigenvalue weighted by molar-refractivity contribution is 0.103. The predicted octanol–water partition coefficient (Wildman–Crippen LogP) is 3.99. The summed E-state index contributed by atoms with van der Waals surface area (Å²) in [5, 5.41) is 0. The van der Waals surface area contributed by atoms with Crippen molar-refractivity contribution in [3.05, 3.63) is 64.0 Å². The van der Waals surface area contributed by atoms with Crippen molar-refractivity contribution in [2.24, 2.45) is 0 Å². The molecule has 2 rings (SSSR count). The molecule has 104 valence electrons. The summed E-state index contributed by atoms with van der Waals surface area (Å²) in [7, 11) is 1.38. The summed E-state index contributed by atoms with van der Waals surface area (Å²) in [4.78, 5) is 12.6. The minimum atomic E-state index is -0.612. The Morgan fingerprint density at radius 3 is 2.25 bits per heavy atom. The van der Waals surface area contributed by atoms with Crippen LogP contribution in [-0.4, -0.2) is 12.9 Å². The molecule has 0 amide bonds. The van der Waals surface area contributed by atoms with Gasteiger partial charge in [-0.3, -0.25) is 4.79 Å². The van der Waals surface area contributed by atoms with Gasteiger partial charge in [-0.05, 0) is 44.0 Å². The molecule has 0 unspecified atom stereocenters. The Morgan fingerprint density at radius 1 is 1.10 bits per heavy atom. The third kappa shape index (κ3) is 2.44. The number of benzene rings is 2. The molecule has 2 aromatic carbocycles. The summed E-state index contributed by atoms with van der Waals surface area (Å²) in [5.74, 6) is -0.839. The van der Waals surface area contributed by atoms with Gasteiger partial charge in [-0.15, -0.1) is 0 Å².